The van der Waals surface area contributed by atoms with Gasteiger partial charge in [-0.3, -0.25) is 0 Å². The van der Waals surface area contributed by atoms with Crippen LogP contribution in [-0.4, -0.2) is 11.5 Å². The molecule has 0 unspecified atom stereocenters. The number of aryl methyl sites for hydroxylation is 1. The van der Waals surface area contributed by atoms with E-state index in [-0.39, 0.29) is 0 Å². The Balaban J connectivity index is 1.90. The number of hydrogen-bond donors (Lipinski definition) is 0. The molecule has 0 aliphatic carbocycles. The topological polar surface area (TPSA) is 16.1 Å². The molecule has 19 heavy (non-hydrogen) atoms. The van der Waals surface area contributed by atoms with Crippen LogP contribution in [0.1, 0.15) is 17.7 Å². The molecule has 0 radical (unpaired) electrons. The molecular formula is C15H14Cl2N2. The van der Waals surface area contributed by atoms with Crippen LogP contribution in [0.25, 0.3) is 0 Å². The van der Waals surface area contributed by atoms with Crippen molar-refractivity contribution in [3.8, 4) is 0 Å². The molecule has 4 heteroatoms. The maximum absolute atomic E-state index is 6.19. The highest BCUT2D eigenvalue weighted by molar-refractivity contribution is 6.32. The molecule has 1 aliphatic rings. The summed E-state index contributed by atoms with van der Waals surface area (Å²) in [5, 5.41) is 1.16. The van der Waals surface area contributed by atoms with Crippen molar-refractivity contribution in [3.05, 3.63) is 57.8 Å². The molecule has 0 N–H and O–H groups in total. The van der Waals surface area contributed by atoms with Gasteiger partial charge in [-0.2, -0.15) is 0 Å². The van der Waals surface area contributed by atoms with Gasteiger partial charge in [-0.1, -0.05) is 41.4 Å². The second kappa shape index (κ2) is 5.40. The van der Waals surface area contributed by atoms with Crippen LogP contribution in [-0.2, 0) is 13.0 Å². The molecule has 1 aliphatic heterocycles. The number of halogens is 2. The number of benzene rings is 1. The molecule has 1 aromatic heterocycles. The van der Waals surface area contributed by atoms with Crippen LogP contribution in [0, 0.1) is 0 Å². The van der Waals surface area contributed by atoms with Crippen LogP contribution in [0.2, 0.25) is 10.2 Å². The van der Waals surface area contributed by atoms with E-state index in [0.29, 0.717) is 16.7 Å². The van der Waals surface area contributed by atoms with Gasteiger partial charge in [0.15, 0.2) is 0 Å². The lowest BCUT2D eigenvalue weighted by atomic mass is 10.0. The fourth-order valence-electron chi connectivity index (χ4n) is 2.53. The average molecular weight is 293 g/mol. The molecule has 1 aromatic carbocycles. The Kier molecular flexibility index (Phi) is 3.63. The van der Waals surface area contributed by atoms with Crippen molar-refractivity contribution in [1.29, 1.82) is 0 Å². The highest BCUT2D eigenvalue weighted by Gasteiger charge is 2.17. The molecule has 0 amide bonds. The summed E-state index contributed by atoms with van der Waals surface area (Å²) in [6, 6.07) is 12.0. The number of rotatable bonds is 2. The van der Waals surface area contributed by atoms with Crippen LogP contribution in [0.3, 0.4) is 0 Å². The number of aromatic nitrogens is 1. The maximum Gasteiger partial charge on any atom is 0.129 e. The molecule has 0 fully saturated rings. The summed E-state index contributed by atoms with van der Waals surface area (Å²) in [6.45, 7) is 1.73. The van der Waals surface area contributed by atoms with Gasteiger partial charge < -0.3 is 4.90 Å². The second-order valence-electron chi connectivity index (χ2n) is 4.72. The Morgan fingerprint density at radius 2 is 1.95 bits per heavy atom. The maximum atomic E-state index is 6.19. The fraction of sp³-hybridized carbons (Fsp3) is 0.267. The summed E-state index contributed by atoms with van der Waals surface area (Å²) in [4.78, 5) is 6.65. The van der Waals surface area contributed by atoms with Gasteiger partial charge in [0.05, 0.1) is 17.3 Å². The Morgan fingerprint density at radius 1 is 1.11 bits per heavy atom. The summed E-state index contributed by atoms with van der Waals surface area (Å²) in [5.74, 6) is 0. The van der Waals surface area contributed by atoms with Gasteiger partial charge in [-0.05, 0) is 36.6 Å². The van der Waals surface area contributed by atoms with Gasteiger partial charge in [0.25, 0.3) is 0 Å². The monoisotopic (exact) mass is 292 g/mol. The molecule has 0 saturated heterocycles. The Labute approximate surface area is 123 Å². The minimum atomic E-state index is 0.490. The van der Waals surface area contributed by atoms with Crippen LogP contribution in [0.15, 0.2) is 36.4 Å². The predicted octanol–water partition coefficient (Wildman–Crippen LogP) is 4.34. The third kappa shape index (κ3) is 2.70. The zero-order valence-corrected chi connectivity index (χ0v) is 12.0. The average Bonchev–Trinajstić information content (AvgIpc) is 2.43. The summed E-state index contributed by atoms with van der Waals surface area (Å²) >= 11 is 12.1. The zero-order chi connectivity index (χ0) is 13.2. The van der Waals surface area contributed by atoms with Crippen molar-refractivity contribution < 1.29 is 0 Å². The van der Waals surface area contributed by atoms with Crippen molar-refractivity contribution in [2.75, 3.05) is 11.4 Å². The van der Waals surface area contributed by atoms with E-state index in [9.17, 15) is 0 Å². The molecule has 2 nitrogen and oxygen atoms in total. The highest BCUT2D eigenvalue weighted by Crippen LogP contribution is 2.29. The SMILES string of the molecule is Clc1ccc(Cl)c(CN2CCCc3ccccc32)n1. The van der Waals surface area contributed by atoms with Crippen LogP contribution < -0.4 is 4.90 Å². The number of anilines is 1. The molecule has 0 atom stereocenters. The third-order valence-corrected chi connectivity index (χ3v) is 3.99. The van der Waals surface area contributed by atoms with Crippen molar-refractivity contribution in [2.45, 2.75) is 19.4 Å². The van der Waals surface area contributed by atoms with Gasteiger partial charge in [-0.15, -0.1) is 0 Å². The number of nitrogens with zero attached hydrogens (tertiary/aromatic N) is 2. The summed E-state index contributed by atoms with van der Waals surface area (Å²) in [6.07, 6.45) is 2.30. The lowest BCUT2D eigenvalue weighted by molar-refractivity contribution is 0.684. The van der Waals surface area contributed by atoms with Gasteiger partial charge in [0.1, 0.15) is 5.15 Å². The van der Waals surface area contributed by atoms with E-state index in [0.717, 1.165) is 25.1 Å². The third-order valence-electron chi connectivity index (χ3n) is 3.43. The van der Waals surface area contributed by atoms with Gasteiger partial charge in [0.2, 0.25) is 0 Å². The Hall–Kier alpha value is -1.25. The molecule has 3 rings (SSSR count). The smallest absolute Gasteiger partial charge is 0.129 e. The van der Waals surface area contributed by atoms with Gasteiger partial charge >= 0.3 is 0 Å². The number of para-hydroxylation sites is 1. The minimum absolute atomic E-state index is 0.490. The lowest BCUT2D eigenvalue weighted by Gasteiger charge is -2.31. The van der Waals surface area contributed by atoms with E-state index in [1.54, 1.807) is 6.07 Å². The second-order valence-corrected chi connectivity index (χ2v) is 5.51. The molecule has 98 valence electrons. The van der Waals surface area contributed by atoms with Crippen molar-refractivity contribution in [3.63, 3.8) is 0 Å². The summed E-state index contributed by atoms with van der Waals surface area (Å²) in [5.41, 5.74) is 3.52. The van der Waals surface area contributed by atoms with E-state index in [1.165, 1.54) is 11.3 Å². The van der Waals surface area contributed by atoms with Crippen molar-refractivity contribution in [1.82, 2.24) is 4.98 Å². The van der Waals surface area contributed by atoms with E-state index >= 15 is 0 Å². The molecule has 0 bridgehead atoms. The Bertz CT molecular complexity index is 598. The van der Waals surface area contributed by atoms with Crippen molar-refractivity contribution >= 4 is 28.9 Å². The normalized spacial score (nSPS) is 14.3. The molecule has 0 spiro atoms. The summed E-state index contributed by atoms with van der Waals surface area (Å²) in [7, 11) is 0. The fourth-order valence-corrected chi connectivity index (χ4v) is 2.86. The first kappa shape index (κ1) is 12.8. The molecule has 0 saturated carbocycles. The first-order chi connectivity index (χ1) is 9.24. The van der Waals surface area contributed by atoms with E-state index in [1.807, 2.05) is 6.07 Å². The van der Waals surface area contributed by atoms with E-state index in [4.69, 9.17) is 23.2 Å². The zero-order valence-electron chi connectivity index (χ0n) is 10.4. The van der Waals surface area contributed by atoms with E-state index in [2.05, 4.69) is 34.1 Å². The first-order valence-electron chi connectivity index (χ1n) is 6.38. The number of pyridine rings is 1. The number of hydrogen-bond acceptors (Lipinski definition) is 2. The van der Waals surface area contributed by atoms with Crippen LogP contribution in [0.4, 0.5) is 5.69 Å². The first-order valence-corrected chi connectivity index (χ1v) is 7.13. The molecule has 2 heterocycles. The van der Waals surface area contributed by atoms with Gasteiger partial charge in [0, 0.05) is 12.2 Å². The Morgan fingerprint density at radius 3 is 2.84 bits per heavy atom. The number of fused-ring (bicyclic) bond motifs is 1. The quantitative estimate of drug-likeness (QED) is 0.766. The van der Waals surface area contributed by atoms with Crippen LogP contribution in [0.5, 0.6) is 0 Å². The largest absolute Gasteiger partial charge is 0.365 e. The molecular weight excluding hydrogens is 279 g/mol. The highest BCUT2D eigenvalue weighted by atomic mass is 35.5. The predicted molar refractivity (Wildman–Crippen MR) is 80.1 cm³/mol. The van der Waals surface area contributed by atoms with E-state index < -0.39 is 0 Å². The minimum Gasteiger partial charge on any atom is -0.365 e. The molecule has 2 aromatic rings. The standard InChI is InChI=1S/C15H14Cl2N2/c16-12-7-8-15(17)18-13(12)10-19-9-3-5-11-4-1-2-6-14(11)19/h1-2,4,6-8H,3,5,9-10H2. The summed E-state index contributed by atoms with van der Waals surface area (Å²) < 4.78 is 0. The van der Waals surface area contributed by atoms with Gasteiger partial charge in [-0.25, -0.2) is 4.98 Å². The van der Waals surface area contributed by atoms with Crippen LogP contribution >= 0.6 is 23.2 Å². The lowest BCUT2D eigenvalue weighted by Crippen LogP contribution is -2.29. The van der Waals surface area contributed by atoms with Crippen molar-refractivity contribution in [2.24, 2.45) is 0 Å².